The number of aliphatic imine (C=N–C) groups is 1. The summed E-state index contributed by atoms with van der Waals surface area (Å²) in [5.74, 6) is 2.66. The van der Waals surface area contributed by atoms with E-state index in [1.807, 2.05) is 24.3 Å². The Hall–Kier alpha value is -2.73. The highest BCUT2D eigenvalue weighted by molar-refractivity contribution is 5.79. The summed E-state index contributed by atoms with van der Waals surface area (Å²) in [6, 6.07) is 16.6. The molecule has 1 aliphatic heterocycles. The maximum atomic E-state index is 5.68. The van der Waals surface area contributed by atoms with Gasteiger partial charge in [0.25, 0.3) is 0 Å². The molecule has 0 saturated carbocycles. The van der Waals surface area contributed by atoms with Crippen LogP contribution >= 0.6 is 0 Å². The number of methoxy groups -OCH3 is 2. The highest BCUT2D eigenvalue weighted by atomic mass is 16.5. The topological polar surface area (TPSA) is 55.3 Å². The van der Waals surface area contributed by atoms with Crippen LogP contribution in [-0.2, 0) is 16.7 Å². The number of ether oxygens (including phenoxy) is 3. The molecule has 0 radical (unpaired) electrons. The average molecular weight is 426 g/mol. The molecule has 2 aromatic carbocycles. The van der Waals surface area contributed by atoms with Crippen molar-refractivity contribution in [3.05, 3.63) is 59.7 Å². The van der Waals surface area contributed by atoms with Crippen LogP contribution in [0.4, 0.5) is 0 Å². The Morgan fingerprint density at radius 1 is 1.00 bits per heavy atom. The van der Waals surface area contributed by atoms with E-state index >= 15 is 0 Å². The number of guanidine groups is 1. The van der Waals surface area contributed by atoms with Crippen molar-refractivity contribution >= 4 is 5.96 Å². The number of nitrogens with one attached hydrogen (secondary N) is 1. The average Bonchev–Trinajstić information content (AvgIpc) is 2.83. The summed E-state index contributed by atoms with van der Waals surface area (Å²) in [6.07, 6.45) is 1.93. The van der Waals surface area contributed by atoms with Crippen molar-refractivity contribution in [2.45, 2.75) is 31.7 Å². The zero-order chi connectivity index (χ0) is 22.1. The van der Waals surface area contributed by atoms with Gasteiger partial charge in [0, 0.05) is 38.8 Å². The molecule has 168 valence electrons. The van der Waals surface area contributed by atoms with Gasteiger partial charge in [-0.15, -0.1) is 0 Å². The quantitative estimate of drug-likeness (QED) is 0.514. The Balaban J connectivity index is 1.78. The maximum absolute atomic E-state index is 5.68. The fraction of sp³-hybridized carbons (Fsp3) is 0.480. The number of hydrogen-bond donors (Lipinski definition) is 1. The minimum absolute atomic E-state index is 0.0217. The van der Waals surface area contributed by atoms with Gasteiger partial charge in [0.05, 0.1) is 20.8 Å². The molecular formula is C25H35N3O3. The van der Waals surface area contributed by atoms with E-state index in [0.717, 1.165) is 63.1 Å². The van der Waals surface area contributed by atoms with E-state index in [4.69, 9.17) is 19.2 Å². The summed E-state index contributed by atoms with van der Waals surface area (Å²) in [5.41, 5.74) is 2.49. The molecule has 0 amide bonds. The molecule has 1 aliphatic rings. The standard InChI is InChI=1S/C25H35N3O3/c1-5-26-24(28(2)18-20-6-10-22(29-3)11-7-20)27-19-25(14-16-31-17-15-25)21-8-12-23(30-4)13-9-21/h6-13H,5,14-19H2,1-4H3,(H,26,27). The number of rotatable bonds is 8. The summed E-state index contributed by atoms with van der Waals surface area (Å²) < 4.78 is 16.3. The van der Waals surface area contributed by atoms with Crippen LogP contribution in [0.2, 0.25) is 0 Å². The minimum Gasteiger partial charge on any atom is -0.497 e. The predicted molar refractivity (Wildman–Crippen MR) is 125 cm³/mol. The fourth-order valence-electron chi connectivity index (χ4n) is 4.02. The van der Waals surface area contributed by atoms with Crippen LogP contribution in [0.5, 0.6) is 11.5 Å². The first-order chi connectivity index (χ1) is 15.1. The van der Waals surface area contributed by atoms with E-state index in [9.17, 15) is 0 Å². The van der Waals surface area contributed by atoms with E-state index in [2.05, 4.69) is 48.5 Å². The van der Waals surface area contributed by atoms with Gasteiger partial charge in [-0.3, -0.25) is 4.99 Å². The molecule has 3 rings (SSSR count). The number of benzene rings is 2. The summed E-state index contributed by atoms with van der Waals surface area (Å²) in [7, 11) is 5.46. The van der Waals surface area contributed by atoms with Crippen molar-refractivity contribution in [1.29, 1.82) is 0 Å². The van der Waals surface area contributed by atoms with E-state index < -0.39 is 0 Å². The smallest absolute Gasteiger partial charge is 0.193 e. The van der Waals surface area contributed by atoms with Crippen LogP contribution in [-0.4, -0.2) is 58.4 Å². The molecule has 1 N–H and O–H groups in total. The second kappa shape index (κ2) is 11.0. The molecule has 0 unspecified atom stereocenters. The highest BCUT2D eigenvalue weighted by Crippen LogP contribution is 2.36. The third-order valence-electron chi connectivity index (χ3n) is 5.96. The maximum Gasteiger partial charge on any atom is 0.193 e. The van der Waals surface area contributed by atoms with Crippen molar-refractivity contribution in [1.82, 2.24) is 10.2 Å². The van der Waals surface area contributed by atoms with Gasteiger partial charge in [-0.1, -0.05) is 24.3 Å². The van der Waals surface area contributed by atoms with Crippen LogP contribution in [0.25, 0.3) is 0 Å². The Morgan fingerprint density at radius 2 is 1.58 bits per heavy atom. The molecule has 0 aromatic heterocycles. The molecule has 31 heavy (non-hydrogen) atoms. The molecular weight excluding hydrogens is 390 g/mol. The highest BCUT2D eigenvalue weighted by Gasteiger charge is 2.34. The van der Waals surface area contributed by atoms with Crippen LogP contribution in [0, 0.1) is 0 Å². The lowest BCUT2D eigenvalue weighted by atomic mass is 9.74. The van der Waals surface area contributed by atoms with Crippen LogP contribution in [0.1, 0.15) is 30.9 Å². The summed E-state index contributed by atoms with van der Waals surface area (Å²) in [6.45, 7) is 5.95. The number of hydrogen-bond acceptors (Lipinski definition) is 4. The van der Waals surface area contributed by atoms with Gasteiger partial charge in [-0.05, 0) is 55.2 Å². The lowest BCUT2D eigenvalue weighted by molar-refractivity contribution is 0.0530. The summed E-state index contributed by atoms with van der Waals surface area (Å²) in [5, 5.41) is 3.45. The third-order valence-corrected chi connectivity index (χ3v) is 5.96. The first-order valence-corrected chi connectivity index (χ1v) is 10.9. The van der Waals surface area contributed by atoms with Crippen molar-refractivity contribution in [2.24, 2.45) is 4.99 Å². The van der Waals surface area contributed by atoms with Gasteiger partial charge in [-0.25, -0.2) is 0 Å². The van der Waals surface area contributed by atoms with Gasteiger partial charge in [0.15, 0.2) is 5.96 Å². The minimum atomic E-state index is -0.0217. The van der Waals surface area contributed by atoms with E-state index in [1.165, 1.54) is 11.1 Å². The zero-order valence-electron chi connectivity index (χ0n) is 19.2. The molecule has 1 heterocycles. The summed E-state index contributed by atoms with van der Waals surface area (Å²) in [4.78, 5) is 7.25. The van der Waals surface area contributed by atoms with E-state index in [-0.39, 0.29) is 5.41 Å². The summed E-state index contributed by atoms with van der Waals surface area (Å²) >= 11 is 0. The second-order valence-electron chi connectivity index (χ2n) is 8.00. The van der Waals surface area contributed by atoms with Crippen LogP contribution in [0.3, 0.4) is 0 Å². The lowest BCUT2D eigenvalue weighted by Crippen LogP contribution is -2.41. The largest absolute Gasteiger partial charge is 0.497 e. The molecule has 1 saturated heterocycles. The molecule has 6 nitrogen and oxygen atoms in total. The normalized spacial score (nSPS) is 15.9. The molecule has 6 heteroatoms. The van der Waals surface area contributed by atoms with Gasteiger partial charge in [0.2, 0.25) is 0 Å². The molecule has 0 aliphatic carbocycles. The first-order valence-electron chi connectivity index (χ1n) is 10.9. The lowest BCUT2D eigenvalue weighted by Gasteiger charge is -2.37. The van der Waals surface area contributed by atoms with Crippen molar-refractivity contribution < 1.29 is 14.2 Å². The van der Waals surface area contributed by atoms with Crippen LogP contribution in [0.15, 0.2) is 53.5 Å². The van der Waals surface area contributed by atoms with Crippen molar-refractivity contribution in [2.75, 3.05) is 47.6 Å². The Morgan fingerprint density at radius 3 is 2.13 bits per heavy atom. The van der Waals surface area contributed by atoms with E-state index in [0.29, 0.717) is 0 Å². The first kappa shape index (κ1) is 22.9. The SMILES string of the molecule is CCNC(=NCC1(c2ccc(OC)cc2)CCOCC1)N(C)Cc1ccc(OC)cc1. The molecule has 0 atom stereocenters. The molecule has 2 aromatic rings. The monoisotopic (exact) mass is 425 g/mol. The molecule has 0 bridgehead atoms. The van der Waals surface area contributed by atoms with Gasteiger partial charge in [0.1, 0.15) is 11.5 Å². The Kier molecular flexibility index (Phi) is 8.18. The predicted octanol–water partition coefficient (Wildman–Crippen LogP) is 3.85. The second-order valence-corrected chi connectivity index (χ2v) is 8.00. The molecule has 0 spiro atoms. The molecule has 1 fully saturated rings. The van der Waals surface area contributed by atoms with Crippen molar-refractivity contribution in [3.8, 4) is 11.5 Å². The van der Waals surface area contributed by atoms with Crippen LogP contribution < -0.4 is 14.8 Å². The van der Waals surface area contributed by atoms with Gasteiger partial charge in [-0.2, -0.15) is 0 Å². The zero-order valence-corrected chi connectivity index (χ0v) is 19.2. The van der Waals surface area contributed by atoms with Gasteiger partial charge < -0.3 is 24.4 Å². The Bertz CT molecular complexity index is 828. The fourth-order valence-corrected chi connectivity index (χ4v) is 4.02. The number of nitrogens with zero attached hydrogens (tertiary/aromatic N) is 2. The van der Waals surface area contributed by atoms with E-state index in [1.54, 1.807) is 14.2 Å². The Labute approximate surface area is 186 Å². The van der Waals surface area contributed by atoms with Crippen molar-refractivity contribution in [3.63, 3.8) is 0 Å². The van der Waals surface area contributed by atoms with Gasteiger partial charge >= 0.3 is 0 Å². The third kappa shape index (κ3) is 5.91.